The Hall–Kier alpha value is -1.42. The molecule has 2 rings (SSSR count). The number of carbonyl (C=O) groups is 2. The average Bonchev–Trinajstić information content (AvgIpc) is 2.38. The van der Waals surface area contributed by atoms with E-state index in [1.54, 1.807) is 17.2 Å². The Morgan fingerprint density at radius 3 is 2.67 bits per heavy atom. The standard InChI is InChI=1S/C14H14BrNO2/c1-10(17)11-5-4-8-16(9-11)14(18)12-6-2-3-7-13(12)15/h2-3,6-7,9H,4-5,8H2,1H3. The van der Waals surface area contributed by atoms with Gasteiger partial charge in [0, 0.05) is 22.8 Å². The molecule has 1 amide bonds. The Labute approximate surface area is 115 Å². The summed E-state index contributed by atoms with van der Waals surface area (Å²) in [7, 11) is 0. The monoisotopic (exact) mass is 307 g/mol. The van der Waals surface area contributed by atoms with Gasteiger partial charge in [0.1, 0.15) is 0 Å². The minimum Gasteiger partial charge on any atom is -0.315 e. The predicted octanol–water partition coefficient (Wildman–Crippen LogP) is 3.16. The second-order valence-corrected chi connectivity index (χ2v) is 5.15. The lowest BCUT2D eigenvalue weighted by Crippen LogP contribution is -2.31. The maximum absolute atomic E-state index is 12.3. The minimum atomic E-state index is -0.0686. The molecule has 94 valence electrons. The van der Waals surface area contributed by atoms with Gasteiger partial charge in [0.2, 0.25) is 0 Å². The third kappa shape index (κ3) is 2.70. The third-order valence-corrected chi connectivity index (χ3v) is 3.67. The summed E-state index contributed by atoms with van der Waals surface area (Å²) in [4.78, 5) is 25.3. The number of Topliss-reactive ketones (excluding diaryl/α,β-unsaturated/α-hetero) is 1. The van der Waals surface area contributed by atoms with Crippen LogP contribution in [0.3, 0.4) is 0 Å². The van der Waals surface area contributed by atoms with Gasteiger partial charge in [0.05, 0.1) is 5.56 Å². The molecule has 3 nitrogen and oxygen atoms in total. The van der Waals surface area contributed by atoms with Gasteiger partial charge in [0.25, 0.3) is 5.91 Å². The van der Waals surface area contributed by atoms with Gasteiger partial charge in [-0.25, -0.2) is 0 Å². The Morgan fingerprint density at radius 1 is 1.28 bits per heavy atom. The molecule has 0 unspecified atom stereocenters. The van der Waals surface area contributed by atoms with Crippen molar-refractivity contribution >= 4 is 27.6 Å². The number of rotatable bonds is 2. The van der Waals surface area contributed by atoms with Crippen LogP contribution in [0.1, 0.15) is 30.1 Å². The summed E-state index contributed by atoms with van der Waals surface area (Å²) in [6, 6.07) is 7.32. The van der Waals surface area contributed by atoms with Crippen molar-refractivity contribution in [2.75, 3.05) is 6.54 Å². The number of hydrogen-bond donors (Lipinski definition) is 0. The van der Waals surface area contributed by atoms with Crippen molar-refractivity contribution in [1.29, 1.82) is 0 Å². The van der Waals surface area contributed by atoms with Gasteiger partial charge in [-0.15, -0.1) is 0 Å². The number of ketones is 1. The molecule has 0 aliphatic carbocycles. The van der Waals surface area contributed by atoms with Gasteiger partial charge in [0.15, 0.2) is 5.78 Å². The summed E-state index contributed by atoms with van der Waals surface area (Å²) >= 11 is 3.37. The van der Waals surface area contributed by atoms with E-state index in [1.807, 2.05) is 18.2 Å². The summed E-state index contributed by atoms with van der Waals surface area (Å²) in [5.74, 6) is -0.0273. The van der Waals surface area contributed by atoms with E-state index in [4.69, 9.17) is 0 Å². The fraction of sp³-hybridized carbons (Fsp3) is 0.286. The second kappa shape index (κ2) is 5.48. The van der Waals surface area contributed by atoms with Crippen LogP contribution in [-0.2, 0) is 4.79 Å². The molecule has 0 spiro atoms. The minimum absolute atomic E-state index is 0.0413. The molecule has 0 bridgehead atoms. The zero-order valence-corrected chi connectivity index (χ0v) is 11.7. The Morgan fingerprint density at radius 2 is 2.00 bits per heavy atom. The van der Waals surface area contributed by atoms with E-state index < -0.39 is 0 Å². The first-order valence-electron chi connectivity index (χ1n) is 5.86. The Balaban J connectivity index is 2.27. The molecule has 18 heavy (non-hydrogen) atoms. The van der Waals surface area contributed by atoms with Gasteiger partial charge in [-0.1, -0.05) is 12.1 Å². The third-order valence-electron chi connectivity index (χ3n) is 2.97. The van der Waals surface area contributed by atoms with Crippen LogP contribution < -0.4 is 0 Å². The van der Waals surface area contributed by atoms with Gasteiger partial charge in [-0.05, 0) is 47.8 Å². The molecule has 4 heteroatoms. The maximum atomic E-state index is 12.3. The van der Waals surface area contributed by atoms with Crippen LogP contribution in [0.15, 0.2) is 40.5 Å². The number of halogens is 1. The first-order chi connectivity index (χ1) is 8.59. The summed E-state index contributed by atoms with van der Waals surface area (Å²) in [5, 5.41) is 0. The SMILES string of the molecule is CC(=O)C1=CN(C(=O)c2ccccc2Br)CCC1. The highest BCUT2D eigenvalue weighted by molar-refractivity contribution is 9.10. The van der Waals surface area contributed by atoms with Crippen LogP contribution in [0.25, 0.3) is 0 Å². The van der Waals surface area contributed by atoms with Gasteiger partial charge < -0.3 is 4.90 Å². The van der Waals surface area contributed by atoms with E-state index in [0.29, 0.717) is 12.1 Å². The Bertz CT molecular complexity index is 522. The highest BCUT2D eigenvalue weighted by Crippen LogP contribution is 2.22. The largest absolute Gasteiger partial charge is 0.315 e. The average molecular weight is 308 g/mol. The number of benzene rings is 1. The number of nitrogens with zero attached hydrogens (tertiary/aromatic N) is 1. The van der Waals surface area contributed by atoms with Crippen LogP contribution in [0.5, 0.6) is 0 Å². The van der Waals surface area contributed by atoms with E-state index in [0.717, 1.165) is 22.9 Å². The second-order valence-electron chi connectivity index (χ2n) is 4.29. The predicted molar refractivity (Wildman–Crippen MR) is 73.2 cm³/mol. The fourth-order valence-corrected chi connectivity index (χ4v) is 2.43. The van der Waals surface area contributed by atoms with Gasteiger partial charge in [-0.2, -0.15) is 0 Å². The molecule has 0 saturated heterocycles. The lowest BCUT2D eigenvalue weighted by Gasteiger charge is -2.24. The molecule has 1 heterocycles. The summed E-state index contributed by atoms with van der Waals surface area (Å²) in [5.41, 5.74) is 1.35. The maximum Gasteiger partial charge on any atom is 0.258 e. The number of amides is 1. The van der Waals surface area contributed by atoms with Crippen molar-refractivity contribution in [2.24, 2.45) is 0 Å². The van der Waals surface area contributed by atoms with Crippen LogP contribution in [0.4, 0.5) is 0 Å². The van der Waals surface area contributed by atoms with Crippen LogP contribution in [-0.4, -0.2) is 23.1 Å². The highest BCUT2D eigenvalue weighted by Gasteiger charge is 2.21. The van der Waals surface area contributed by atoms with Gasteiger partial charge in [-0.3, -0.25) is 9.59 Å². The topological polar surface area (TPSA) is 37.4 Å². The zero-order chi connectivity index (χ0) is 13.1. The lowest BCUT2D eigenvalue weighted by molar-refractivity contribution is -0.113. The molecule has 1 aromatic carbocycles. The van der Waals surface area contributed by atoms with Crippen molar-refractivity contribution in [3.63, 3.8) is 0 Å². The van der Waals surface area contributed by atoms with Crippen molar-refractivity contribution in [2.45, 2.75) is 19.8 Å². The number of hydrogen-bond acceptors (Lipinski definition) is 2. The molecule has 1 aliphatic heterocycles. The van der Waals surface area contributed by atoms with E-state index in [9.17, 15) is 9.59 Å². The van der Waals surface area contributed by atoms with Crippen LogP contribution >= 0.6 is 15.9 Å². The molecule has 0 N–H and O–H groups in total. The normalized spacial score (nSPS) is 15.2. The number of carbonyl (C=O) groups excluding carboxylic acids is 2. The molecular weight excluding hydrogens is 294 g/mol. The smallest absolute Gasteiger partial charge is 0.258 e. The quantitative estimate of drug-likeness (QED) is 0.841. The number of allylic oxidation sites excluding steroid dienone is 1. The van der Waals surface area contributed by atoms with Gasteiger partial charge >= 0.3 is 0 Å². The summed E-state index contributed by atoms with van der Waals surface area (Å²) in [6.07, 6.45) is 3.28. The first-order valence-corrected chi connectivity index (χ1v) is 6.66. The Kier molecular flexibility index (Phi) is 3.97. The van der Waals surface area contributed by atoms with Crippen LogP contribution in [0.2, 0.25) is 0 Å². The van der Waals surface area contributed by atoms with Crippen LogP contribution in [0, 0.1) is 0 Å². The van der Waals surface area contributed by atoms with E-state index in [1.165, 1.54) is 6.92 Å². The van der Waals surface area contributed by atoms with Crippen molar-refractivity contribution < 1.29 is 9.59 Å². The molecule has 0 radical (unpaired) electrons. The summed E-state index contributed by atoms with van der Waals surface area (Å²) < 4.78 is 0.776. The molecule has 0 saturated carbocycles. The highest BCUT2D eigenvalue weighted by atomic mass is 79.9. The molecule has 0 fully saturated rings. The zero-order valence-electron chi connectivity index (χ0n) is 10.1. The molecule has 0 aromatic heterocycles. The molecule has 0 atom stereocenters. The van der Waals surface area contributed by atoms with Crippen molar-refractivity contribution in [1.82, 2.24) is 4.90 Å². The first kappa shape index (κ1) is 13.0. The fourth-order valence-electron chi connectivity index (χ4n) is 1.97. The summed E-state index contributed by atoms with van der Waals surface area (Å²) in [6.45, 7) is 2.20. The van der Waals surface area contributed by atoms with E-state index in [-0.39, 0.29) is 11.7 Å². The van der Waals surface area contributed by atoms with Crippen molar-refractivity contribution in [3.8, 4) is 0 Å². The lowest BCUT2D eigenvalue weighted by atomic mass is 10.0. The molecule has 1 aromatic rings. The molecular formula is C14H14BrNO2. The molecule has 1 aliphatic rings. The van der Waals surface area contributed by atoms with E-state index >= 15 is 0 Å². The van der Waals surface area contributed by atoms with Crippen molar-refractivity contribution in [3.05, 3.63) is 46.1 Å². The van der Waals surface area contributed by atoms with E-state index in [2.05, 4.69) is 15.9 Å².